The molecule has 3 rings (SSSR count). The van der Waals surface area contributed by atoms with Gasteiger partial charge in [-0.2, -0.15) is 0 Å². The summed E-state index contributed by atoms with van der Waals surface area (Å²) in [7, 11) is -4.11. The third-order valence-electron chi connectivity index (χ3n) is 5.69. The van der Waals surface area contributed by atoms with Gasteiger partial charge < -0.3 is 19.1 Å². The van der Waals surface area contributed by atoms with Gasteiger partial charge in [0.25, 0.3) is 0 Å². The van der Waals surface area contributed by atoms with E-state index in [1.165, 1.54) is 24.3 Å². The van der Waals surface area contributed by atoms with Crippen molar-refractivity contribution in [2.24, 2.45) is 0 Å². The molecule has 0 spiro atoms. The summed E-state index contributed by atoms with van der Waals surface area (Å²) in [6, 6.07) is 15.3. The second-order valence-corrected chi connectivity index (χ2v) is 10.5. The smallest absolute Gasteiger partial charge is 0.350 e. The van der Waals surface area contributed by atoms with Gasteiger partial charge in [0.05, 0.1) is 23.8 Å². The fourth-order valence-corrected chi connectivity index (χ4v) is 5.06. The number of hydrogen-bond donors (Lipinski definition) is 0. The maximum atomic E-state index is 13.2. The number of para-hydroxylation sites is 2. The topological polar surface area (TPSA) is 99.2 Å². The highest BCUT2D eigenvalue weighted by molar-refractivity contribution is 7.96. The summed E-state index contributed by atoms with van der Waals surface area (Å²) < 4.78 is 42.7. The first-order chi connectivity index (χ1) is 18.3. The van der Waals surface area contributed by atoms with Crippen molar-refractivity contribution in [2.45, 2.75) is 44.4 Å². The molecule has 1 aliphatic heterocycles. The van der Waals surface area contributed by atoms with Crippen molar-refractivity contribution in [2.75, 3.05) is 24.7 Å². The Morgan fingerprint density at radius 1 is 0.947 bits per heavy atom. The molecule has 2 aromatic carbocycles. The van der Waals surface area contributed by atoms with E-state index in [-0.39, 0.29) is 17.5 Å². The van der Waals surface area contributed by atoms with Crippen LogP contribution >= 0.6 is 0 Å². The van der Waals surface area contributed by atoms with Crippen LogP contribution in [0.5, 0.6) is 5.75 Å². The quantitative estimate of drug-likeness (QED) is 0.191. The molecule has 0 fully saturated rings. The van der Waals surface area contributed by atoms with Crippen molar-refractivity contribution in [3.8, 4) is 5.75 Å². The van der Waals surface area contributed by atoms with Gasteiger partial charge >= 0.3 is 11.9 Å². The van der Waals surface area contributed by atoms with E-state index in [2.05, 4.69) is 6.58 Å². The number of nitrogens with zero attached hydrogens (tertiary/aromatic N) is 1. The van der Waals surface area contributed by atoms with Crippen LogP contribution in [0, 0.1) is 0 Å². The Labute approximate surface area is 224 Å². The Balaban J connectivity index is 1.76. The van der Waals surface area contributed by atoms with Gasteiger partial charge in [-0.15, -0.1) is 0 Å². The van der Waals surface area contributed by atoms with Crippen LogP contribution in [0.4, 0.5) is 5.69 Å². The molecular formula is C29H33NO7S. The Morgan fingerprint density at radius 3 is 2.34 bits per heavy atom. The predicted octanol–water partition coefficient (Wildman–Crippen LogP) is 5.33. The predicted molar refractivity (Wildman–Crippen MR) is 145 cm³/mol. The SMILES string of the molecule is C=C(C)C(=O)OCCCCCCN1/C(=C/C=C(/C(=O)OCC)S(=O)(=O)c2ccccc2)Oc2ccccc21. The average molecular weight is 540 g/mol. The van der Waals surface area contributed by atoms with Crippen LogP contribution in [0.3, 0.4) is 0 Å². The van der Waals surface area contributed by atoms with Crippen LogP contribution in [-0.2, 0) is 28.9 Å². The minimum Gasteiger partial charge on any atom is -0.462 e. The number of anilines is 1. The van der Waals surface area contributed by atoms with E-state index >= 15 is 0 Å². The minimum absolute atomic E-state index is 0.000818. The second-order valence-electron chi connectivity index (χ2n) is 8.62. The molecule has 0 radical (unpaired) electrons. The molecule has 0 atom stereocenters. The summed E-state index contributed by atoms with van der Waals surface area (Å²) in [6.45, 7) is 7.80. The number of benzene rings is 2. The van der Waals surface area contributed by atoms with Crippen LogP contribution < -0.4 is 9.64 Å². The Hall–Kier alpha value is -3.85. The van der Waals surface area contributed by atoms with Crippen molar-refractivity contribution in [1.82, 2.24) is 0 Å². The van der Waals surface area contributed by atoms with Crippen LogP contribution in [0.2, 0.25) is 0 Å². The maximum Gasteiger partial charge on any atom is 0.350 e. The zero-order valence-corrected chi connectivity index (χ0v) is 22.5. The minimum atomic E-state index is -4.11. The number of carbonyl (C=O) groups excluding carboxylic acids is 2. The second kappa shape index (κ2) is 13.6. The fraction of sp³-hybridized carbons (Fsp3) is 0.310. The first kappa shape index (κ1) is 28.7. The third-order valence-corrected chi connectivity index (χ3v) is 7.47. The summed E-state index contributed by atoms with van der Waals surface area (Å²) >= 11 is 0. The molecule has 38 heavy (non-hydrogen) atoms. The van der Waals surface area contributed by atoms with E-state index < -0.39 is 20.7 Å². The number of esters is 2. The van der Waals surface area contributed by atoms with Gasteiger partial charge in [0.1, 0.15) is 0 Å². The molecule has 202 valence electrons. The van der Waals surface area contributed by atoms with Gasteiger partial charge in [-0.25, -0.2) is 18.0 Å². The van der Waals surface area contributed by atoms with E-state index in [9.17, 15) is 18.0 Å². The van der Waals surface area contributed by atoms with E-state index in [1.807, 2.05) is 29.2 Å². The number of fused-ring (bicyclic) bond motifs is 1. The highest BCUT2D eigenvalue weighted by Gasteiger charge is 2.29. The van der Waals surface area contributed by atoms with Gasteiger partial charge in [-0.05, 0) is 63.5 Å². The highest BCUT2D eigenvalue weighted by atomic mass is 32.2. The van der Waals surface area contributed by atoms with E-state index in [0.29, 0.717) is 30.4 Å². The molecule has 0 saturated carbocycles. The lowest BCUT2D eigenvalue weighted by Crippen LogP contribution is -2.22. The molecule has 0 amide bonds. The zero-order valence-electron chi connectivity index (χ0n) is 21.7. The van der Waals surface area contributed by atoms with Crippen LogP contribution in [-0.4, -0.2) is 40.1 Å². The lowest BCUT2D eigenvalue weighted by Gasteiger charge is -2.18. The normalized spacial score (nSPS) is 14.1. The van der Waals surface area contributed by atoms with E-state index in [1.54, 1.807) is 32.0 Å². The molecule has 0 aromatic heterocycles. The molecule has 0 bridgehead atoms. The molecule has 9 heteroatoms. The van der Waals surface area contributed by atoms with E-state index in [4.69, 9.17) is 14.2 Å². The van der Waals surface area contributed by atoms with Gasteiger partial charge in [0.15, 0.2) is 10.7 Å². The molecular weight excluding hydrogens is 506 g/mol. The summed E-state index contributed by atoms with van der Waals surface area (Å²) in [5.74, 6) is -0.258. The number of hydrogen-bond acceptors (Lipinski definition) is 8. The maximum absolute atomic E-state index is 13.2. The Morgan fingerprint density at radius 2 is 1.63 bits per heavy atom. The van der Waals surface area contributed by atoms with Gasteiger partial charge in [-0.3, -0.25) is 0 Å². The monoisotopic (exact) mass is 539 g/mol. The van der Waals surface area contributed by atoms with Crippen molar-refractivity contribution in [3.63, 3.8) is 0 Å². The lowest BCUT2D eigenvalue weighted by atomic mass is 10.2. The van der Waals surface area contributed by atoms with E-state index in [0.717, 1.165) is 31.4 Å². The number of rotatable bonds is 13. The van der Waals surface area contributed by atoms with Gasteiger partial charge in [0, 0.05) is 18.2 Å². The first-order valence-electron chi connectivity index (χ1n) is 12.5. The molecule has 0 unspecified atom stereocenters. The Kier molecular flexibility index (Phi) is 10.3. The molecule has 0 N–H and O–H groups in total. The van der Waals surface area contributed by atoms with Crippen molar-refractivity contribution in [3.05, 3.63) is 89.7 Å². The number of ether oxygens (including phenoxy) is 3. The molecule has 0 aliphatic carbocycles. The third kappa shape index (κ3) is 7.35. The number of sulfone groups is 1. The van der Waals surface area contributed by atoms with Crippen molar-refractivity contribution >= 4 is 27.5 Å². The first-order valence-corrected chi connectivity index (χ1v) is 14.0. The Bertz CT molecular complexity index is 1310. The highest BCUT2D eigenvalue weighted by Crippen LogP contribution is 2.39. The fourth-order valence-electron chi connectivity index (χ4n) is 3.76. The summed E-state index contributed by atoms with van der Waals surface area (Å²) in [6.07, 6.45) is 6.07. The van der Waals surface area contributed by atoms with Crippen molar-refractivity contribution < 1.29 is 32.2 Å². The average Bonchev–Trinajstić information content (AvgIpc) is 3.25. The number of unbranched alkanes of at least 4 members (excludes halogenated alkanes) is 3. The van der Waals surface area contributed by atoms with Gasteiger partial charge in [-0.1, -0.05) is 43.3 Å². The standard InChI is InChI=1S/C29H33NO7S/c1-4-35-29(32)26(38(33,34)23-14-8-7-9-15-23)18-19-27-30(24-16-10-11-17-25(24)37-27)20-12-5-6-13-21-36-28(31)22(2)3/h7-11,14-19H,2,4-6,12-13,20-21H2,1,3H3/b26-18-,27-19-. The largest absolute Gasteiger partial charge is 0.462 e. The number of allylic oxidation sites excluding steroid dienone is 2. The summed E-state index contributed by atoms with van der Waals surface area (Å²) in [4.78, 5) is 25.6. The zero-order chi connectivity index (χ0) is 27.5. The molecule has 1 heterocycles. The summed E-state index contributed by atoms with van der Waals surface area (Å²) in [5, 5.41) is 0. The van der Waals surface area contributed by atoms with Crippen LogP contribution in [0.1, 0.15) is 39.5 Å². The molecule has 1 aliphatic rings. The van der Waals surface area contributed by atoms with Gasteiger partial charge in [0.2, 0.25) is 15.7 Å². The molecule has 8 nitrogen and oxygen atoms in total. The van der Waals surface area contributed by atoms with Crippen molar-refractivity contribution in [1.29, 1.82) is 0 Å². The molecule has 0 saturated heterocycles. The van der Waals surface area contributed by atoms with Crippen LogP contribution in [0.25, 0.3) is 0 Å². The lowest BCUT2D eigenvalue weighted by molar-refractivity contribution is -0.139. The number of carbonyl (C=O) groups is 2. The van der Waals surface area contributed by atoms with Crippen LogP contribution in [0.15, 0.2) is 94.6 Å². The summed E-state index contributed by atoms with van der Waals surface area (Å²) in [5.41, 5.74) is 1.24. The molecule has 2 aromatic rings.